The number of fused-ring (bicyclic) bond motifs is 1. The molecule has 7 nitrogen and oxygen atoms in total. The van der Waals surface area contributed by atoms with E-state index in [-0.39, 0.29) is 6.61 Å². The van der Waals surface area contributed by atoms with Crippen molar-refractivity contribution < 1.29 is 5.11 Å². The van der Waals surface area contributed by atoms with Crippen LogP contribution in [0.5, 0.6) is 0 Å². The average Bonchev–Trinajstić information content (AvgIpc) is 3.22. The van der Waals surface area contributed by atoms with E-state index in [9.17, 15) is 5.11 Å². The molecule has 4 rings (SSSR count). The third kappa shape index (κ3) is 3.07. The first kappa shape index (κ1) is 15.7. The summed E-state index contributed by atoms with van der Waals surface area (Å²) in [5, 5.41) is 21.0. The Bertz CT molecular complexity index is 849. The number of nitrogens with zero attached hydrogens (tertiary/aromatic N) is 5. The predicted molar refractivity (Wildman–Crippen MR) is 99.0 cm³/mol. The normalized spacial score (nSPS) is 20.6. The zero-order valence-corrected chi connectivity index (χ0v) is 15.1. The van der Waals surface area contributed by atoms with Crippen molar-refractivity contribution in [1.29, 1.82) is 0 Å². The van der Waals surface area contributed by atoms with Crippen LogP contribution >= 0.6 is 22.6 Å². The van der Waals surface area contributed by atoms with Crippen molar-refractivity contribution in [3.8, 4) is 5.69 Å². The SMILES string of the molecule is OC[C@@H]1CC[C@@H](Nc2ncc3nnn(-c4ccc(I)cc4)c3n2)C1. The van der Waals surface area contributed by atoms with Gasteiger partial charge in [-0.25, -0.2) is 4.98 Å². The minimum absolute atomic E-state index is 0.252. The second-order valence-electron chi connectivity index (χ2n) is 6.08. The Morgan fingerprint density at radius 3 is 2.83 bits per heavy atom. The van der Waals surface area contributed by atoms with Crippen LogP contribution in [-0.4, -0.2) is 42.7 Å². The quantitative estimate of drug-likeness (QED) is 0.611. The molecule has 2 aromatic heterocycles. The minimum atomic E-state index is 0.252. The maximum atomic E-state index is 9.27. The predicted octanol–water partition coefficient (Wildman–Crippen LogP) is 2.39. The second-order valence-corrected chi connectivity index (χ2v) is 7.33. The first-order chi connectivity index (χ1) is 11.7. The second kappa shape index (κ2) is 6.60. The van der Waals surface area contributed by atoms with Gasteiger partial charge in [0.05, 0.1) is 11.9 Å². The highest BCUT2D eigenvalue weighted by atomic mass is 127. The van der Waals surface area contributed by atoms with Gasteiger partial charge in [-0.1, -0.05) is 5.21 Å². The van der Waals surface area contributed by atoms with Crippen molar-refractivity contribution in [1.82, 2.24) is 25.0 Å². The number of aliphatic hydroxyl groups excluding tert-OH is 1. The van der Waals surface area contributed by atoms with Gasteiger partial charge < -0.3 is 10.4 Å². The molecule has 0 amide bonds. The number of aromatic nitrogens is 5. The molecular weight excluding hydrogens is 419 g/mol. The Balaban J connectivity index is 1.62. The molecule has 1 aliphatic carbocycles. The van der Waals surface area contributed by atoms with Crippen LogP contribution < -0.4 is 5.32 Å². The van der Waals surface area contributed by atoms with Gasteiger partial charge in [-0.15, -0.1) is 5.10 Å². The molecule has 0 bridgehead atoms. The van der Waals surface area contributed by atoms with E-state index >= 15 is 0 Å². The Hall–Kier alpha value is -1.81. The highest BCUT2D eigenvalue weighted by Crippen LogP contribution is 2.27. The van der Waals surface area contributed by atoms with Gasteiger partial charge in [-0.05, 0) is 72.0 Å². The summed E-state index contributed by atoms with van der Waals surface area (Å²) in [4.78, 5) is 8.94. The summed E-state index contributed by atoms with van der Waals surface area (Å²) >= 11 is 2.27. The fourth-order valence-electron chi connectivity index (χ4n) is 3.11. The number of aliphatic hydroxyl groups is 1. The molecule has 0 saturated heterocycles. The summed E-state index contributed by atoms with van der Waals surface area (Å²) in [7, 11) is 0. The van der Waals surface area contributed by atoms with Crippen molar-refractivity contribution in [2.24, 2.45) is 5.92 Å². The monoisotopic (exact) mass is 436 g/mol. The number of halogens is 1. The van der Waals surface area contributed by atoms with Crippen molar-refractivity contribution in [2.45, 2.75) is 25.3 Å². The Morgan fingerprint density at radius 1 is 1.25 bits per heavy atom. The number of hydrogen-bond acceptors (Lipinski definition) is 6. The third-order valence-corrected chi connectivity index (χ3v) is 5.12. The molecule has 2 atom stereocenters. The lowest BCUT2D eigenvalue weighted by Crippen LogP contribution is -2.18. The number of rotatable bonds is 4. The largest absolute Gasteiger partial charge is 0.396 e. The van der Waals surface area contributed by atoms with Crippen LogP contribution in [0.1, 0.15) is 19.3 Å². The number of hydrogen-bond donors (Lipinski definition) is 2. The molecule has 24 heavy (non-hydrogen) atoms. The molecule has 124 valence electrons. The first-order valence-electron chi connectivity index (χ1n) is 7.95. The lowest BCUT2D eigenvalue weighted by atomic mass is 10.1. The first-order valence-corrected chi connectivity index (χ1v) is 9.02. The van der Waals surface area contributed by atoms with Crippen LogP contribution in [0.15, 0.2) is 30.5 Å². The average molecular weight is 436 g/mol. The lowest BCUT2D eigenvalue weighted by Gasteiger charge is -2.12. The van der Waals surface area contributed by atoms with Gasteiger partial charge in [0.2, 0.25) is 5.95 Å². The summed E-state index contributed by atoms with van der Waals surface area (Å²) in [6, 6.07) is 8.35. The van der Waals surface area contributed by atoms with Gasteiger partial charge in [0.15, 0.2) is 11.2 Å². The van der Waals surface area contributed by atoms with E-state index in [4.69, 9.17) is 0 Å². The molecule has 1 saturated carbocycles. The summed E-state index contributed by atoms with van der Waals surface area (Å²) in [5.41, 5.74) is 2.27. The van der Waals surface area contributed by atoms with E-state index < -0.39 is 0 Å². The van der Waals surface area contributed by atoms with Gasteiger partial charge in [0.1, 0.15) is 0 Å². The smallest absolute Gasteiger partial charge is 0.225 e. The Labute approximate surface area is 152 Å². The molecule has 1 aromatic carbocycles. The van der Waals surface area contributed by atoms with Gasteiger partial charge in [-0.2, -0.15) is 9.67 Å². The molecule has 8 heteroatoms. The van der Waals surface area contributed by atoms with Crippen molar-refractivity contribution in [3.63, 3.8) is 0 Å². The van der Waals surface area contributed by atoms with E-state index in [1.54, 1.807) is 10.9 Å². The van der Waals surface area contributed by atoms with E-state index in [1.165, 1.54) is 0 Å². The van der Waals surface area contributed by atoms with Gasteiger partial charge in [0, 0.05) is 16.2 Å². The summed E-state index contributed by atoms with van der Waals surface area (Å²) < 4.78 is 2.89. The fourth-order valence-corrected chi connectivity index (χ4v) is 3.47. The van der Waals surface area contributed by atoms with Crippen LogP contribution in [0.4, 0.5) is 5.95 Å². The molecule has 0 spiro atoms. The molecule has 2 N–H and O–H groups in total. The van der Waals surface area contributed by atoms with Crippen LogP contribution in [-0.2, 0) is 0 Å². The molecule has 3 aromatic rings. The summed E-state index contributed by atoms with van der Waals surface area (Å²) in [5.74, 6) is 0.963. The van der Waals surface area contributed by atoms with E-state index in [0.717, 1.165) is 28.5 Å². The molecule has 1 fully saturated rings. The van der Waals surface area contributed by atoms with E-state index in [0.29, 0.717) is 29.1 Å². The van der Waals surface area contributed by atoms with Gasteiger partial charge in [-0.3, -0.25) is 0 Å². The fraction of sp³-hybridized carbons (Fsp3) is 0.375. The number of nitrogens with one attached hydrogen (secondary N) is 1. The van der Waals surface area contributed by atoms with Crippen molar-refractivity contribution in [2.75, 3.05) is 11.9 Å². The third-order valence-electron chi connectivity index (χ3n) is 4.40. The zero-order chi connectivity index (χ0) is 16.5. The maximum absolute atomic E-state index is 9.27. The van der Waals surface area contributed by atoms with Crippen LogP contribution in [0.2, 0.25) is 0 Å². The van der Waals surface area contributed by atoms with E-state index in [2.05, 4.69) is 48.2 Å². The lowest BCUT2D eigenvalue weighted by molar-refractivity contribution is 0.229. The van der Waals surface area contributed by atoms with E-state index in [1.807, 2.05) is 24.3 Å². The summed E-state index contributed by atoms with van der Waals surface area (Å²) in [6.07, 6.45) is 4.71. The molecule has 0 aliphatic heterocycles. The van der Waals surface area contributed by atoms with Crippen molar-refractivity contribution >= 4 is 39.7 Å². The zero-order valence-electron chi connectivity index (χ0n) is 12.9. The molecule has 1 aliphatic rings. The molecule has 0 unspecified atom stereocenters. The maximum Gasteiger partial charge on any atom is 0.225 e. The number of benzene rings is 1. The highest BCUT2D eigenvalue weighted by molar-refractivity contribution is 14.1. The molecular formula is C16H17IN6O. The Morgan fingerprint density at radius 2 is 2.08 bits per heavy atom. The topological polar surface area (TPSA) is 88.8 Å². The standard InChI is InChI=1S/C16H17IN6O/c17-11-2-5-13(6-3-11)23-15-14(21-22-23)8-18-16(20-15)19-12-4-1-10(7-12)9-24/h2-3,5-6,8,10,12,24H,1,4,7,9H2,(H,18,19,20)/t10-,12-/m1/s1. The van der Waals surface area contributed by atoms with Crippen LogP contribution in [0.25, 0.3) is 16.9 Å². The van der Waals surface area contributed by atoms with Gasteiger partial charge >= 0.3 is 0 Å². The molecule has 2 heterocycles. The van der Waals surface area contributed by atoms with Gasteiger partial charge in [0.25, 0.3) is 0 Å². The minimum Gasteiger partial charge on any atom is -0.396 e. The van der Waals surface area contributed by atoms with Crippen molar-refractivity contribution in [3.05, 3.63) is 34.0 Å². The highest BCUT2D eigenvalue weighted by Gasteiger charge is 2.24. The van der Waals surface area contributed by atoms with Crippen LogP contribution in [0.3, 0.4) is 0 Å². The Kier molecular flexibility index (Phi) is 4.31. The van der Waals surface area contributed by atoms with Crippen LogP contribution in [0, 0.1) is 9.49 Å². The number of anilines is 1. The molecule has 0 radical (unpaired) electrons. The summed E-state index contributed by atoms with van der Waals surface area (Å²) in [6.45, 7) is 0.252.